The monoisotopic (exact) mass is 530 g/mol. The molecular formula is C30H38N6O3. The molecule has 3 aromatic rings. The van der Waals surface area contributed by atoms with Crippen molar-refractivity contribution in [1.82, 2.24) is 9.97 Å². The van der Waals surface area contributed by atoms with Gasteiger partial charge in [0.25, 0.3) is 0 Å². The number of ether oxygens (including phenoxy) is 3. The molecule has 0 radical (unpaired) electrons. The number of rotatable bonds is 12. The smallest absolute Gasteiger partial charge is 0.229 e. The van der Waals surface area contributed by atoms with Gasteiger partial charge in [-0.3, -0.25) is 5.43 Å². The summed E-state index contributed by atoms with van der Waals surface area (Å²) in [6.07, 6.45) is 6.52. The fourth-order valence-electron chi connectivity index (χ4n) is 4.83. The number of hydrogen-bond acceptors (Lipinski definition) is 9. The maximum Gasteiger partial charge on any atom is 0.229 e. The molecule has 2 aliphatic rings. The van der Waals surface area contributed by atoms with Crippen LogP contribution >= 0.6 is 0 Å². The van der Waals surface area contributed by atoms with Crippen LogP contribution in [0.1, 0.15) is 43.7 Å². The molecule has 0 amide bonds. The highest BCUT2D eigenvalue weighted by molar-refractivity contribution is 5.81. The highest BCUT2D eigenvalue weighted by Gasteiger charge is 2.20. The summed E-state index contributed by atoms with van der Waals surface area (Å²) in [5.74, 6) is 4.63. The minimum Gasteiger partial charge on any atom is -0.490 e. The van der Waals surface area contributed by atoms with E-state index in [1.807, 2.05) is 62.4 Å². The minimum absolute atomic E-state index is 0.412. The number of nitrogens with zero attached hydrogens (tertiary/aromatic N) is 5. The van der Waals surface area contributed by atoms with Gasteiger partial charge in [0.1, 0.15) is 24.8 Å². The molecular weight excluding hydrogens is 492 g/mol. The Hall–Kier alpha value is -4.01. The van der Waals surface area contributed by atoms with Crippen LogP contribution in [0.3, 0.4) is 0 Å². The van der Waals surface area contributed by atoms with E-state index >= 15 is 0 Å². The van der Waals surface area contributed by atoms with Crippen LogP contribution in [0.2, 0.25) is 0 Å². The molecule has 2 aromatic carbocycles. The predicted molar refractivity (Wildman–Crippen MR) is 156 cm³/mol. The van der Waals surface area contributed by atoms with E-state index in [1.54, 1.807) is 6.21 Å². The SMILES string of the molecule is CCOc1cc(/C=N\Nc2cc(N3CCCC3)nc(N3CCCC3)n2)ccc1OCCOc1cccc(C)c1. The third-order valence-corrected chi connectivity index (χ3v) is 6.78. The van der Waals surface area contributed by atoms with E-state index in [4.69, 9.17) is 24.2 Å². The fraction of sp³-hybridized carbons (Fsp3) is 0.433. The van der Waals surface area contributed by atoms with Gasteiger partial charge >= 0.3 is 0 Å². The van der Waals surface area contributed by atoms with Crippen LogP contribution in [0.15, 0.2) is 53.6 Å². The Morgan fingerprint density at radius 2 is 1.62 bits per heavy atom. The second-order valence-electron chi connectivity index (χ2n) is 9.82. The molecule has 206 valence electrons. The van der Waals surface area contributed by atoms with Gasteiger partial charge in [0.05, 0.1) is 12.8 Å². The van der Waals surface area contributed by atoms with Gasteiger partial charge in [0.15, 0.2) is 17.3 Å². The molecule has 9 heteroatoms. The molecule has 9 nitrogen and oxygen atoms in total. The second kappa shape index (κ2) is 13.2. The van der Waals surface area contributed by atoms with Gasteiger partial charge < -0.3 is 24.0 Å². The molecule has 2 fully saturated rings. The van der Waals surface area contributed by atoms with Gasteiger partial charge in [-0.25, -0.2) is 0 Å². The number of hydrazone groups is 1. The molecule has 2 aliphatic heterocycles. The van der Waals surface area contributed by atoms with Gasteiger partial charge in [-0.15, -0.1) is 0 Å². The van der Waals surface area contributed by atoms with E-state index in [2.05, 4.69) is 20.3 Å². The lowest BCUT2D eigenvalue weighted by Crippen LogP contribution is -2.24. The van der Waals surface area contributed by atoms with Gasteiger partial charge in [0.2, 0.25) is 5.95 Å². The number of benzene rings is 2. The summed E-state index contributed by atoms with van der Waals surface area (Å²) in [7, 11) is 0. The number of aryl methyl sites for hydroxylation is 1. The van der Waals surface area contributed by atoms with Crippen molar-refractivity contribution < 1.29 is 14.2 Å². The van der Waals surface area contributed by atoms with Crippen LogP contribution in [-0.2, 0) is 0 Å². The van der Waals surface area contributed by atoms with Crippen LogP contribution in [0.4, 0.5) is 17.6 Å². The molecule has 1 aromatic heterocycles. The van der Waals surface area contributed by atoms with Crippen molar-refractivity contribution in [3.8, 4) is 17.2 Å². The van der Waals surface area contributed by atoms with Crippen molar-refractivity contribution >= 4 is 23.8 Å². The summed E-state index contributed by atoms with van der Waals surface area (Å²) in [5.41, 5.74) is 5.18. The number of aromatic nitrogens is 2. The molecule has 2 saturated heterocycles. The third kappa shape index (κ3) is 7.31. The average Bonchev–Trinajstić information content (AvgIpc) is 3.68. The summed E-state index contributed by atoms with van der Waals surface area (Å²) in [5, 5.41) is 4.48. The summed E-state index contributed by atoms with van der Waals surface area (Å²) < 4.78 is 17.6. The molecule has 0 aliphatic carbocycles. The van der Waals surface area contributed by atoms with Crippen LogP contribution in [-0.4, -0.2) is 62.2 Å². The van der Waals surface area contributed by atoms with Gasteiger partial charge in [-0.2, -0.15) is 15.1 Å². The summed E-state index contributed by atoms with van der Waals surface area (Å²) in [4.78, 5) is 14.2. The molecule has 0 spiro atoms. The van der Waals surface area contributed by atoms with Crippen molar-refractivity contribution in [2.24, 2.45) is 5.10 Å². The van der Waals surface area contributed by atoms with Crippen molar-refractivity contribution in [2.75, 3.05) is 61.2 Å². The van der Waals surface area contributed by atoms with Crippen LogP contribution in [0.5, 0.6) is 17.2 Å². The summed E-state index contributed by atoms with van der Waals surface area (Å²) in [6, 6.07) is 15.8. The average molecular weight is 531 g/mol. The molecule has 0 saturated carbocycles. The third-order valence-electron chi connectivity index (χ3n) is 6.78. The molecule has 0 atom stereocenters. The lowest BCUT2D eigenvalue weighted by Gasteiger charge is -2.21. The lowest BCUT2D eigenvalue weighted by atomic mass is 10.2. The van der Waals surface area contributed by atoms with Crippen LogP contribution in [0.25, 0.3) is 0 Å². The Morgan fingerprint density at radius 3 is 2.38 bits per heavy atom. The topological polar surface area (TPSA) is 84.3 Å². The quantitative estimate of drug-likeness (QED) is 0.192. The predicted octanol–water partition coefficient (Wildman–Crippen LogP) is 5.29. The Bertz CT molecular complexity index is 1220. The number of nitrogens with one attached hydrogen (secondary N) is 1. The number of hydrogen-bond donors (Lipinski definition) is 1. The number of anilines is 3. The van der Waals surface area contributed by atoms with E-state index in [1.165, 1.54) is 25.7 Å². The minimum atomic E-state index is 0.412. The van der Waals surface area contributed by atoms with Crippen molar-refractivity contribution in [1.29, 1.82) is 0 Å². The first-order valence-corrected chi connectivity index (χ1v) is 13.9. The van der Waals surface area contributed by atoms with E-state index in [9.17, 15) is 0 Å². The van der Waals surface area contributed by atoms with E-state index in [0.717, 1.165) is 54.8 Å². The fourth-order valence-corrected chi connectivity index (χ4v) is 4.83. The Balaban J connectivity index is 1.22. The van der Waals surface area contributed by atoms with Crippen LogP contribution in [0, 0.1) is 6.92 Å². The van der Waals surface area contributed by atoms with Gasteiger partial charge in [-0.1, -0.05) is 12.1 Å². The Labute approximate surface area is 230 Å². The van der Waals surface area contributed by atoms with Gasteiger partial charge in [-0.05, 0) is 81.0 Å². The van der Waals surface area contributed by atoms with E-state index in [0.29, 0.717) is 37.1 Å². The Kier molecular flexibility index (Phi) is 8.98. The second-order valence-corrected chi connectivity index (χ2v) is 9.82. The highest BCUT2D eigenvalue weighted by atomic mass is 16.5. The van der Waals surface area contributed by atoms with Crippen LogP contribution < -0.4 is 29.4 Å². The lowest BCUT2D eigenvalue weighted by molar-refractivity contribution is 0.208. The van der Waals surface area contributed by atoms with E-state index < -0.39 is 0 Å². The molecule has 0 bridgehead atoms. The summed E-state index contributed by atoms with van der Waals surface area (Å²) in [6.45, 7) is 9.46. The molecule has 3 heterocycles. The highest BCUT2D eigenvalue weighted by Crippen LogP contribution is 2.29. The summed E-state index contributed by atoms with van der Waals surface area (Å²) >= 11 is 0. The van der Waals surface area contributed by atoms with Crippen molar-refractivity contribution in [2.45, 2.75) is 39.5 Å². The van der Waals surface area contributed by atoms with E-state index in [-0.39, 0.29) is 0 Å². The first kappa shape index (κ1) is 26.6. The molecule has 0 unspecified atom stereocenters. The zero-order chi connectivity index (χ0) is 26.9. The maximum atomic E-state index is 5.96. The largest absolute Gasteiger partial charge is 0.490 e. The normalized spacial score (nSPS) is 15.2. The zero-order valence-electron chi connectivity index (χ0n) is 22.9. The van der Waals surface area contributed by atoms with Crippen molar-refractivity contribution in [3.05, 3.63) is 59.7 Å². The molecule has 39 heavy (non-hydrogen) atoms. The van der Waals surface area contributed by atoms with Crippen molar-refractivity contribution in [3.63, 3.8) is 0 Å². The first-order valence-electron chi connectivity index (χ1n) is 13.9. The maximum absolute atomic E-state index is 5.96. The zero-order valence-corrected chi connectivity index (χ0v) is 22.9. The molecule has 1 N–H and O–H groups in total. The van der Waals surface area contributed by atoms with Gasteiger partial charge in [0, 0.05) is 32.2 Å². The standard InChI is InChI=1S/C30H38N6O3/c1-3-37-27-20-24(11-12-26(27)39-18-17-38-25-10-8-9-23(2)19-25)22-31-34-28-21-29(35-13-4-5-14-35)33-30(32-28)36-15-6-7-16-36/h8-12,19-22H,3-7,13-18H2,1-2H3,(H,32,33,34)/b31-22-. The Morgan fingerprint density at radius 1 is 0.846 bits per heavy atom. The first-order chi connectivity index (χ1) is 19.2. The molecule has 5 rings (SSSR count).